The third-order valence-electron chi connectivity index (χ3n) is 18.6. The van der Waals surface area contributed by atoms with Crippen LogP contribution in [0.3, 0.4) is 0 Å². The van der Waals surface area contributed by atoms with Gasteiger partial charge < -0.3 is 18.9 Å². The number of esters is 2. The van der Waals surface area contributed by atoms with Gasteiger partial charge in [-0.05, 0) is 77.0 Å². The minimum Gasteiger partial charge on any atom is -0.462 e. The summed E-state index contributed by atoms with van der Waals surface area (Å²) >= 11 is 0. The zero-order chi connectivity index (χ0) is 71.1. The molecule has 0 aromatic heterocycles. The van der Waals surface area contributed by atoms with Gasteiger partial charge in [0, 0.05) is 12.8 Å². The summed E-state index contributed by atoms with van der Waals surface area (Å²) in [5, 5.41) is 0. The summed E-state index contributed by atoms with van der Waals surface area (Å²) in [6, 6.07) is 0. The molecule has 2 unspecified atom stereocenters. The minimum atomic E-state index is -4.40. The number of hydrogen-bond acceptors (Lipinski definition) is 7. The van der Waals surface area contributed by atoms with E-state index in [1.807, 2.05) is 21.1 Å². The van der Waals surface area contributed by atoms with E-state index in [-0.39, 0.29) is 25.6 Å². The van der Waals surface area contributed by atoms with Crippen LogP contribution in [0, 0.1) is 0 Å². The molecular weight excluding hydrogens is 1230 g/mol. The van der Waals surface area contributed by atoms with Crippen molar-refractivity contribution in [2.24, 2.45) is 0 Å². The van der Waals surface area contributed by atoms with Crippen molar-refractivity contribution in [3.05, 3.63) is 97.2 Å². The topological polar surface area (TPSA) is 108 Å². The van der Waals surface area contributed by atoms with Crippen LogP contribution in [0.5, 0.6) is 0 Å². The molecule has 0 aliphatic heterocycles. The van der Waals surface area contributed by atoms with E-state index >= 15 is 0 Å². The highest BCUT2D eigenvalue weighted by Crippen LogP contribution is 2.43. The van der Waals surface area contributed by atoms with Crippen LogP contribution in [-0.4, -0.2) is 74.9 Å². The second kappa shape index (κ2) is 78.1. The molecule has 0 fully saturated rings. The molecule has 0 rings (SSSR count). The number of nitrogens with zero attached hydrogens (tertiary/aromatic N) is 1. The summed E-state index contributed by atoms with van der Waals surface area (Å²) in [5.41, 5.74) is 0. The normalized spacial score (nSPS) is 13.5. The van der Waals surface area contributed by atoms with Gasteiger partial charge in [-0.3, -0.25) is 18.6 Å². The minimum absolute atomic E-state index is 0.0318. The number of phosphoric acid groups is 1. The van der Waals surface area contributed by atoms with Crippen LogP contribution < -0.4 is 0 Å². The highest BCUT2D eigenvalue weighted by atomic mass is 31.2. The van der Waals surface area contributed by atoms with Gasteiger partial charge in [-0.25, -0.2) is 4.57 Å². The lowest BCUT2D eigenvalue weighted by Gasteiger charge is -2.24. The number of carbonyl (C=O) groups excluding carboxylic acids is 2. The Morgan fingerprint density at radius 3 is 0.867 bits per heavy atom. The Morgan fingerprint density at radius 1 is 0.327 bits per heavy atom. The maximum absolute atomic E-state index is 12.9. The smallest absolute Gasteiger partial charge is 0.462 e. The van der Waals surface area contributed by atoms with Crippen LogP contribution in [0.15, 0.2) is 97.2 Å². The lowest BCUT2D eigenvalue weighted by Crippen LogP contribution is -2.37. The van der Waals surface area contributed by atoms with Gasteiger partial charge in [-0.15, -0.1) is 0 Å². The fourth-order valence-electron chi connectivity index (χ4n) is 12.3. The van der Waals surface area contributed by atoms with Gasteiger partial charge in [-0.1, -0.05) is 406 Å². The maximum atomic E-state index is 12.9. The molecule has 2 atom stereocenters. The largest absolute Gasteiger partial charge is 0.472 e. The number of allylic oxidation sites excluding steroid dienone is 16. The number of likely N-dealkylation sites (N-methyl/N-ethyl adjacent to an activating group) is 1. The quantitative estimate of drug-likeness (QED) is 0.0211. The lowest BCUT2D eigenvalue weighted by atomic mass is 10.0. The lowest BCUT2D eigenvalue weighted by molar-refractivity contribution is -0.870. The zero-order valence-electron chi connectivity index (χ0n) is 65.3. The van der Waals surface area contributed by atoms with E-state index in [2.05, 4.69) is 111 Å². The first-order chi connectivity index (χ1) is 48.0. The third-order valence-corrected chi connectivity index (χ3v) is 19.6. The molecule has 0 aliphatic rings. The molecule has 0 heterocycles. The highest BCUT2D eigenvalue weighted by Gasteiger charge is 2.27. The van der Waals surface area contributed by atoms with E-state index in [1.54, 1.807) is 0 Å². The van der Waals surface area contributed by atoms with Crippen molar-refractivity contribution < 1.29 is 42.1 Å². The molecule has 0 radical (unpaired) electrons. The Kier molecular flexibility index (Phi) is 75.6. The molecule has 0 aromatic rings. The Labute approximate surface area is 608 Å². The van der Waals surface area contributed by atoms with Crippen LogP contribution in [0.1, 0.15) is 399 Å². The van der Waals surface area contributed by atoms with Crippen LogP contribution in [0.2, 0.25) is 0 Å². The van der Waals surface area contributed by atoms with Crippen LogP contribution in [0.4, 0.5) is 0 Å². The Balaban J connectivity index is 3.93. The molecule has 570 valence electrons. The number of quaternary nitrogens is 1. The maximum Gasteiger partial charge on any atom is 0.472 e. The van der Waals surface area contributed by atoms with E-state index in [0.717, 1.165) is 83.5 Å². The van der Waals surface area contributed by atoms with E-state index in [1.165, 1.54) is 283 Å². The molecule has 1 N–H and O–H groups in total. The first-order valence-electron chi connectivity index (χ1n) is 42.0. The van der Waals surface area contributed by atoms with Crippen molar-refractivity contribution >= 4 is 19.8 Å². The van der Waals surface area contributed by atoms with Crippen LogP contribution in [-0.2, 0) is 32.7 Å². The molecule has 0 aliphatic carbocycles. The molecule has 98 heavy (non-hydrogen) atoms. The average molecular weight is 1390 g/mol. The van der Waals surface area contributed by atoms with Crippen molar-refractivity contribution in [1.82, 2.24) is 0 Å². The SMILES string of the molecule is CC/C=C\C/C=C\C/C=C\C/C=C\C/C=C\C/C=C\C/C=C\C/C=C\CCCCCCCCCCCCCCCCCCC(=O)OC(COC(=O)CCCCCCCCCCCCCCCCCCCCCCCCCCCCCCCCCCC)COP(=O)(O)OCC[N+](C)(C)C. The summed E-state index contributed by atoms with van der Waals surface area (Å²) in [7, 11) is 1.49. The Bertz CT molecular complexity index is 1980. The predicted molar refractivity (Wildman–Crippen MR) is 427 cm³/mol. The average Bonchev–Trinajstić information content (AvgIpc) is 1.08. The van der Waals surface area contributed by atoms with E-state index in [4.69, 9.17) is 18.5 Å². The number of carbonyl (C=O) groups is 2. The standard InChI is InChI=1S/C88H160NO8P/c1-6-8-10-12-14-16-18-20-22-24-26-28-30-32-34-36-38-40-41-42-43-44-45-46-47-49-51-53-55-57-59-61-63-65-67-69-71-73-75-77-79-81-88(91)97-86(85-96-98(92,93)95-83-82-89(3,4)5)84-94-87(90)80-78-76-74-72-70-68-66-64-62-60-58-56-54-52-50-48-39-37-35-33-31-29-27-25-23-21-19-17-15-13-11-9-7-2/h8,10,14,16,20,22,26,28,32,34,38,40,42-43,45-46,86H,6-7,9,11-13,15,17-19,21,23-25,27,29-31,33,35-37,39,41,44,47-85H2,1-5H3/p+1/b10-8-,16-14-,22-20-,28-26-,34-32-,40-38-,43-42-,46-45-. The monoisotopic (exact) mass is 1390 g/mol. The summed E-state index contributed by atoms with van der Waals surface area (Å²) < 4.78 is 34.9. The molecule has 0 aromatic carbocycles. The molecule has 0 bridgehead atoms. The number of hydrogen-bond donors (Lipinski definition) is 1. The second-order valence-corrected chi connectivity index (χ2v) is 30.9. The van der Waals surface area contributed by atoms with Gasteiger partial charge in [0.05, 0.1) is 27.7 Å². The number of unbranched alkanes of at least 4 members (excludes halogenated alkanes) is 48. The van der Waals surface area contributed by atoms with Gasteiger partial charge in [0.2, 0.25) is 0 Å². The summed E-state index contributed by atoms with van der Waals surface area (Å²) in [6.07, 6.45) is 110. The summed E-state index contributed by atoms with van der Waals surface area (Å²) in [4.78, 5) is 36.0. The number of phosphoric ester groups is 1. The van der Waals surface area contributed by atoms with Crippen LogP contribution >= 0.6 is 7.82 Å². The van der Waals surface area contributed by atoms with Gasteiger partial charge in [-0.2, -0.15) is 0 Å². The summed E-state index contributed by atoms with van der Waals surface area (Å²) in [5.74, 6) is -0.779. The molecule has 10 heteroatoms. The van der Waals surface area contributed by atoms with E-state index in [0.29, 0.717) is 23.9 Å². The fourth-order valence-corrected chi connectivity index (χ4v) is 13.0. The number of rotatable bonds is 78. The molecule has 0 saturated heterocycles. The first kappa shape index (κ1) is 94.9. The zero-order valence-corrected chi connectivity index (χ0v) is 66.2. The van der Waals surface area contributed by atoms with E-state index < -0.39 is 26.5 Å². The van der Waals surface area contributed by atoms with Gasteiger partial charge >= 0.3 is 19.8 Å². The van der Waals surface area contributed by atoms with Crippen LogP contribution in [0.25, 0.3) is 0 Å². The van der Waals surface area contributed by atoms with E-state index in [9.17, 15) is 19.0 Å². The number of ether oxygens (including phenoxy) is 2. The Morgan fingerprint density at radius 2 is 0.582 bits per heavy atom. The molecule has 0 amide bonds. The Hall–Kier alpha value is -3.07. The first-order valence-corrected chi connectivity index (χ1v) is 43.5. The van der Waals surface area contributed by atoms with Crippen molar-refractivity contribution in [3.63, 3.8) is 0 Å². The molecule has 0 spiro atoms. The third kappa shape index (κ3) is 81.9. The van der Waals surface area contributed by atoms with Gasteiger partial charge in [0.25, 0.3) is 0 Å². The predicted octanol–water partition coefficient (Wildman–Crippen LogP) is 28.2. The summed E-state index contributed by atoms with van der Waals surface area (Å²) in [6.45, 7) is 4.38. The van der Waals surface area contributed by atoms with Gasteiger partial charge in [0.15, 0.2) is 6.10 Å². The second-order valence-electron chi connectivity index (χ2n) is 29.5. The van der Waals surface area contributed by atoms with Gasteiger partial charge in [0.1, 0.15) is 19.8 Å². The van der Waals surface area contributed by atoms with Crippen molar-refractivity contribution in [1.29, 1.82) is 0 Å². The van der Waals surface area contributed by atoms with Crippen molar-refractivity contribution in [2.45, 2.75) is 405 Å². The fraction of sp³-hybridized carbons (Fsp3) is 0.795. The van der Waals surface area contributed by atoms with Crippen molar-refractivity contribution in [2.75, 3.05) is 47.5 Å². The van der Waals surface area contributed by atoms with Crippen molar-refractivity contribution in [3.8, 4) is 0 Å². The molecule has 0 saturated carbocycles. The molecular formula is C88H161NO8P+. The highest BCUT2D eigenvalue weighted by molar-refractivity contribution is 7.47. The molecule has 9 nitrogen and oxygen atoms in total.